The Balaban J connectivity index is 1.52. The Bertz CT molecular complexity index is 1360. The van der Waals surface area contributed by atoms with Gasteiger partial charge in [0.05, 0.1) is 13.3 Å². The van der Waals surface area contributed by atoms with Crippen molar-refractivity contribution in [1.82, 2.24) is 34.6 Å². The second-order valence-electron chi connectivity index (χ2n) is 10.1. The van der Waals surface area contributed by atoms with Crippen molar-refractivity contribution >= 4 is 29.3 Å². The molecule has 1 fully saturated rings. The maximum atomic E-state index is 13.5. The van der Waals surface area contributed by atoms with Crippen LogP contribution in [-0.2, 0) is 27.9 Å². The Morgan fingerprint density at radius 2 is 1.80 bits per heavy atom. The third-order valence-electron chi connectivity index (χ3n) is 7.33. The molecule has 0 unspecified atom stereocenters. The van der Waals surface area contributed by atoms with Gasteiger partial charge in [-0.1, -0.05) is 12.1 Å². The number of imidazole rings is 1. The van der Waals surface area contributed by atoms with Crippen LogP contribution in [0.5, 0.6) is 5.75 Å². The first-order valence-electron chi connectivity index (χ1n) is 13.4. The molecule has 4 rings (SSSR count). The van der Waals surface area contributed by atoms with Gasteiger partial charge in [-0.15, -0.1) is 0 Å². The largest absolute Gasteiger partial charge is 0.497 e. The van der Waals surface area contributed by atoms with E-state index < -0.39 is 12.1 Å². The Kier molecular flexibility index (Phi) is 9.08. The van der Waals surface area contributed by atoms with Gasteiger partial charge in [0, 0.05) is 59.0 Å². The Labute approximate surface area is 233 Å². The summed E-state index contributed by atoms with van der Waals surface area (Å²) < 4.78 is 8.69. The third-order valence-corrected chi connectivity index (χ3v) is 7.33. The van der Waals surface area contributed by atoms with E-state index >= 15 is 0 Å². The first-order valence-corrected chi connectivity index (χ1v) is 13.4. The molecule has 12 nitrogen and oxygen atoms in total. The smallest absolute Gasteiger partial charge is 0.259 e. The maximum absolute atomic E-state index is 13.5. The lowest BCUT2D eigenvalue weighted by atomic mass is 10.0. The number of fused-ring (bicyclic) bond motifs is 1. The second kappa shape index (κ2) is 12.7. The highest BCUT2D eigenvalue weighted by Gasteiger charge is 2.30. The fourth-order valence-corrected chi connectivity index (χ4v) is 4.82. The van der Waals surface area contributed by atoms with Gasteiger partial charge >= 0.3 is 0 Å². The van der Waals surface area contributed by atoms with Gasteiger partial charge in [0.1, 0.15) is 29.0 Å². The normalized spacial score (nSPS) is 20.1. The standard InChI is InChI=1S/C28H37N7O5/c1-19-25(37)29-12-6-14-34(27(38)22-18-30-35-16-15-32(2)26(22)35)13-5-7-24(36)31-23(28(39)33(19)3)17-20-8-10-21(40-4)11-9-20/h8-11,15-16,18-19,23H,5-7,12-14,17H2,1-4H3,(H,29,37)(H,31,36)/t19-,23-/m0/s1. The van der Waals surface area contributed by atoms with Crippen LogP contribution in [0.3, 0.4) is 0 Å². The fourth-order valence-electron chi connectivity index (χ4n) is 4.82. The zero-order valence-corrected chi connectivity index (χ0v) is 23.4. The summed E-state index contributed by atoms with van der Waals surface area (Å²) in [4.78, 5) is 55.9. The summed E-state index contributed by atoms with van der Waals surface area (Å²) in [6.07, 6.45) is 6.48. The Morgan fingerprint density at radius 3 is 2.52 bits per heavy atom. The molecule has 1 aliphatic rings. The summed E-state index contributed by atoms with van der Waals surface area (Å²) in [6, 6.07) is 5.67. The van der Waals surface area contributed by atoms with Crippen molar-refractivity contribution in [3.8, 4) is 5.75 Å². The number of aryl methyl sites for hydroxylation is 1. The average molecular weight is 552 g/mol. The predicted octanol–water partition coefficient (Wildman–Crippen LogP) is 0.998. The molecule has 2 N–H and O–H groups in total. The van der Waals surface area contributed by atoms with E-state index in [-0.39, 0.29) is 36.5 Å². The van der Waals surface area contributed by atoms with Crippen molar-refractivity contribution in [1.29, 1.82) is 0 Å². The van der Waals surface area contributed by atoms with Gasteiger partial charge in [0.15, 0.2) is 0 Å². The lowest BCUT2D eigenvalue weighted by Gasteiger charge is -2.29. The quantitative estimate of drug-likeness (QED) is 0.498. The minimum absolute atomic E-state index is 0.139. The molecule has 0 spiro atoms. The number of likely N-dealkylation sites (N-methyl/N-ethyl adjacent to an activating group) is 1. The zero-order chi connectivity index (χ0) is 28.8. The maximum Gasteiger partial charge on any atom is 0.259 e. The number of aromatic nitrogens is 3. The van der Waals surface area contributed by atoms with Crippen LogP contribution in [-0.4, -0.2) is 93.5 Å². The second-order valence-corrected chi connectivity index (χ2v) is 10.1. The molecule has 214 valence electrons. The number of amides is 4. The third kappa shape index (κ3) is 6.44. The van der Waals surface area contributed by atoms with Gasteiger partial charge in [0.25, 0.3) is 5.91 Å². The molecule has 3 heterocycles. The van der Waals surface area contributed by atoms with E-state index in [0.717, 1.165) is 5.56 Å². The van der Waals surface area contributed by atoms with Crippen molar-refractivity contribution < 1.29 is 23.9 Å². The van der Waals surface area contributed by atoms with Crippen LogP contribution >= 0.6 is 0 Å². The molecule has 4 amide bonds. The number of carbonyl (C=O) groups is 4. The first-order chi connectivity index (χ1) is 19.2. The zero-order valence-electron chi connectivity index (χ0n) is 23.4. The Morgan fingerprint density at radius 1 is 1.07 bits per heavy atom. The number of benzene rings is 1. The minimum atomic E-state index is -0.859. The molecule has 1 aliphatic heterocycles. The van der Waals surface area contributed by atoms with E-state index in [9.17, 15) is 19.2 Å². The number of hydrogen-bond acceptors (Lipinski definition) is 6. The van der Waals surface area contributed by atoms with E-state index in [2.05, 4.69) is 15.7 Å². The summed E-state index contributed by atoms with van der Waals surface area (Å²) >= 11 is 0. The van der Waals surface area contributed by atoms with E-state index in [0.29, 0.717) is 49.4 Å². The number of nitrogens with zero attached hydrogens (tertiary/aromatic N) is 5. The highest BCUT2D eigenvalue weighted by Crippen LogP contribution is 2.16. The van der Waals surface area contributed by atoms with Gasteiger partial charge in [-0.05, 0) is 37.5 Å². The van der Waals surface area contributed by atoms with Crippen molar-refractivity contribution in [2.24, 2.45) is 7.05 Å². The van der Waals surface area contributed by atoms with Gasteiger partial charge < -0.3 is 29.7 Å². The summed E-state index contributed by atoms with van der Waals surface area (Å²) in [6.45, 7) is 2.73. The molecule has 40 heavy (non-hydrogen) atoms. The summed E-state index contributed by atoms with van der Waals surface area (Å²) in [5.74, 6) is -0.457. The van der Waals surface area contributed by atoms with Crippen molar-refractivity contribution in [2.45, 2.75) is 44.7 Å². The van der Waals surface area contributed by atoms with Crippen molar-refractivity contribution in [2.75, 3.05) is 33.8 Å². The minimum Gasteiger partial charge on any atom is -0.497 e. The number of hydrogen-bond donors (Lipinski definition) is 2. The van der Waals surface area contributed by atoms with Crippen LogP contribution < -0.4 is 15.4 Å². The van der Waals surface area contributed by atoms with Gasteiger partial charge in [-0.3, -0.25) is 19.2 Å². The van der Waals surface area contributed by atoms with Crippen LogP contribution in [0, 0.1) is 0 Å². The van der Waals surface area contributed by atoms with Gasteiger partial charge in [-0.25, -0.2) is 4.52 Å². The number of methoxy groups -OCH3 is 1. The highest BCUT2D eigenvalue weighted by molar-refractivity contribution is 6.00. The van der Waals surface area contributed by atoms with Crippen LogP contribution in [0.1, 0.15) is 42.1 Å². The molecular formula is C28H37N7O5. The van der Waals surface area contributed by atoms with E-state index in [4.69, 9.17) is 4.74 Å². The number of nitrogens with one attached hydrogen (secondary N) is 2. The van der Waals surface area contributed by atoms with Gasteiger partial charge in [0.2, 0.25) is 17.7 Å². The molecule has 3 aromatic rings. The molecule has 1 aromatic carbocycles. The molecule has 0 aliphatic carbocycles. The lowest BCUT2D eigenvalue weighted by Crippen LogP contribution is -2.54. The fraction of sp³-hybridized carbons (Fsp3) is 0.464. The van der Waals surface area contributed by atoms with Crippen LogP contribution in [0.4, 0.5) is 0 Å². The van der Waals surface area contributed by atoms with Crippen molar-refractivity contribution in [3.63, 3.8) is 0 Å². The predicted molar refractivity (Wildman–Crippen MR) is 148 cm³/mol. The SMILES string of the molecule is COc1ccc(C[C@@H]2NC(=O)CCCN(C(=O)c3cnn4ccn(C)c34)CCCNC(=O)[C@H](C)N(C)C2=O)cc1. The summed E-state index contributed by atoms with van der Waals surface area (Å²) in [5, 5.41) is 10.0. The molecule has 0 saturated carbocycles. The number of rotatable bonds is 4. The number of carbonyl (C=O) groups excluding carboxylic acids is 4. The number of ether oxygens (including phenoxy) is 1. The lowest BCUT2D eigenvalue weighted by molar-refractivity contribution is -0.141. The monoisotopic (exact) mass is 551 g/mol. The van der Waals surface area contributed by atoms with Crippen LogP contribution in [0.2, 0.25) is 0 Å². The van der Waals surface area contributed by atoms with Crippen molar-refractivity contribution in [3.05, 3.63) is 54.0 Å². The molecule has 1 saturated heterocycles. The van der Waals surface area contributed by atoms with E-state index in [1.165, 1.54) is 4.90 Å². The molecule has 2 aromatic heterocycles. The molecule has 12 heteroatoms. The van der Waals surface area contributed by atoms with Crippen LogP contribution in [0.25, 0.3) is 5.65 Å². The molecule has 0 bridgehead atoms. The highest BCUT2D eigenvalue weighted by atomic mass is 16.5. The Hall–Kier alpha value is -4.35. The van der Waals surface area contributed by atoms with E-state index in [1.807, 2.05) is 29.9 Å². The average Bonchev–Trinajstić information content (AvgIpc) is 3.54. The first kappa shape index (κ1) is 28.7. The van der Waals surface area contributed by atoms with E-state index in [1.54, 1.807) is 55.0 Å². The molecule has 0 radical (unpaired) electrons. The summed E-state index contributed by atoms with van der Waals surface area (Å²) in [5.41, 5.74) is 2.00. The van der Waals surface area contributed by atoms with Gasteiger partial charge in [-0.2, -0.15) is 5.10 Å². The topological polar surface area (TPSA) is 130 Å². The molecule has 2 atom stereocenters. The molecular weight excluding hydrogens is 514 g/mol. The van der Waals surface area contributed by atoms with Crippen LogP contribution in [0.15, 0.2) is 42.9 Å². The summed E-state index contributed by atoms with van der Waals surface area (Å²) in [7, 11) is 4.99.